The standard InChI is InChI=1S/C19H34O2/c1-2-3-4-5-6-7-8-9-10-11-12-13-14-15-16-17-18-19(20)21/h9,11H,2-8,12-18H2,1H3,(H,20,21). The van der Waals surface area contributed by atoms with E-state index in [4.69, 9.17) is 5.11 Å². The second-order valence-corrected chi connectivity index (χ2v) is 5.83. The van der Waals surface area contributed by atoms with E-state index in [-0.39, 0.29) is 0 Å². The molecule has 0 spiro atoms. The molecule has 0 aliphatic carbocycles. The Morgan fingerprint density at radius 1 is 0.810 bits per heavy atom. The van der Waals surface area contributed by atoms with Crippen molar-refractivity contribution in [2.45, 2.75) is 96.8 Å². The molecule has 0 saturated carbocycles. The number of aliphatic carboxylic acids is 1. The molecule has 122 valence electrons. The van der Waals surface area contributed by atoms with Gasteiger partial charge in [0.15, 0.2) is 0 Å². The van der Waals surface area contributed by atoms with Crippen LogP contribution in [0.25, 0.3) is 0 Å². The molecule has 0 heterocycles. The first-order valence-electron chi connectivity index (χ1n) is 8.88. The maximum Gasteiger partial charge on any atom is 0.303 e. The number of hydrogen-bond donors (Lipinski definition) is 1. The number of allylic oxidation sites excluding steroid dienone is 1. The molecule has 0 fully saturated rings. The van der Waals surface area contributed by atoms with Crippen molar-refractivity contribution in [3.8, 4) is 0 Å². The fraction of sp³-hybridized carbons (Fsp3) is 0.789. The third-order valence-electron chi connectivity index (χ3n) is 3.68. The van der Waals surface area contributed by atoms with E-state index in [1.807, 2.05) is 0 Å². The van der Waals surface area contributed by atoms with E-state index in [1.54, 1.807) is 0 Å². The zero-order valence-electron chi connectivity index (χ0n) is 13.9. The predicted octanol–water partition coefficient (Wildman–Crippen LogP) is 6.26. The summed E-state index contributed by atoms with van der Waals surface area (Å²) in [7, 11) is 0. The lowest BCUT2D eigenvalue weighted by Crippen LogP contribution is -1.93. The van der Waals surface area contributed by atoms with Crippen LogP contribution < -0.4 is 0 Å². The zero-order valence-corrected chi connectivity index (χ0v) is 13.9. The molecule has 0 unspecified atom stereocenters. The molecule has 0 atom stereocenters. The number of carboxylic acids is 1. The van der Waals surface area contributed by atoms with Crippen LogP contribution in [0, 0.1) is 0 Å². The maximum atomic E-state index is 10.3. The molecule has 0 aliphatic rings. The largest absolute Gasteiger partial charge is 0.481 e. The summed E-state index contributed by atoms with van der Waals surface area (Å²) in [6.07, 6.45) is 20.5. The van der Waals surface area contributed by atoms with Gasteiger partial charge in [-0.2, -0.15) is 0 Å². The first kappa shape index (κ1) is 20.0. The summed E-state index contributed by atoms with van der Waals surface area (Å²) in [4.78, 5) is 10.3. The van der Waals surface area contributed by atoms with Gasteiger partial charge in [0.2, 0.25) is 0 Å². The number of carboxylic acid groups (broad SMARTS) is 1. The van der Waals surface area contributed by atoms with Crippen LogP contribution in [-0.2, 0) is 4.79 Å². The quantitative estimate of drug-likeness (QED) is 0.286. The van der Waals surface area contributed by atoms with E-state index in [0.29, 0.717) is 6.42 Å². The van der Waals surface area contributed by atoms with Gasteiger partial charge >= 0.3 is 5.97 Å². The average molecular weight is 294 g/mol. The fourth-order valence-corrected chi connectivity index (χ4v) is 2.33. The first-order valence-corrected chi connectivity index (χ1v) is 8.88. The van der Waals surface area contributed by atoms with Crippen molar-refractivity contribution in [1.29, 1.82) is 0 Å². The predicted molar refractivity (Wildman–Crippen MR) is 90.6 cm³/mol. The Balaban J connectivity index is 3.20. The lowest BCUT2D eigenvalue weighted by Gasteiger charge is -1.97. The van der Waals surface area contributed by atoms with Crippen molar-refractivity contribution < 1.29 is 9.90 Å². The molecule has 21 heavy (non-hydrogen) atoms. The second-order valence-electron chi connectivity index (χ2n) is 5.83. The van der Waals surface area contributed by atoms with Crippen LogP contribution in [-0.4, -0.2) is 11.1 Å². The average Bonchev–Trinajstić information content (AvgIpc) is 2.46. The Hall–Kier alpha value is -1.01. The van der Waals surface area contributed by atoms with Gasteiger partial charge in [0.1, 0.15) is 0 Å². The molecule has 0 saturated heterocycles. The van der Waals surface area contributed by atoms with Crippen molar-refractivity contribution >= 4 is 5.97 Å². The molecule has 1 N–H and O–H groups in total. The molecular formula is C19H34O2. The monoisotopic (exact) mass is 294 g/mol. The van der Waals surface area contributed by atoms with E-state index in [1.165, 1.54) is 51.4 Å². The molecular weight excluding hydrogens is 260 g/mol. The van der Waals surface area contributed by atoms with Gasteiger partial charge in [-0.1, -0.05) is 58.3 Å². The highest BCUT2D eigenvalue weighted by atomic mass is 16.4. The van der Waals surface area contributed by atoms with Crippen LogP contribution in [0.1, 0.15) is 96.8 Å². The molecule has 2 heteroatoms. The number of unbranched alkanes of at least 4 members (excludes halogenated alkanes) is 11. The maximum absolute atomic E-state index is 10.3. The van der Waals surface area contributed by atoms with Crippen molar-refractivity contribution in [2.75, 3.05) is 0 Å². The topological polar surface area (TPSA) is 37.3 Å². The van der Waals surface area contributed by atoms with Crippen LogP contribution >= 0.6 is 0 Å². The molecule has 0 bridgehead atoms. The van der Waals surface area contributed by atoms with E-state index in [2.05, 4.69) is 24.8 Å². The summed E-state index contributed by atoms with van der Waals surface area (Å²) < 4.78 is 0. The number of hydrogen-bond acceptors (Lipinski definition) is 1. The van der Waals surface area contributed by atoms with Gasteiger partial charge in [0, 0.05) is 6.42 Å². The molecule has 0 amide bonds. The van der Waals surface area contributed by atoms with Crippen molar-refractivity contribution in [3.63, 3.8) is 0 Å². The van der Waals surface area contributed by atoms with Crippen LogP contribution in [0.2, 0.25) is 0 Å². The fourth-order valence-electron chi connectivity index (χ4n) is 2.33. The smallest absolute Gasteiger partial charge is 0.303 e. The summed E-state index contributed by atoms with van der Waals surface area (Å²) in [6, 6.07) is 0. The zero-order chi connectivity index (χ0) is 15.6. The van der Waals surface area contributed by atoms with Gasteiger partial charge in [0.25, 0.3) is 0 Å². The van der Waals surface area contributed by atoms with E-state index >= 15 is 0 Å². The van der Waals surface area contributed by atoms with Gasteiger partial charge in [-0.05, 0) is 44.3 Å². The number of rotatable bonds is 15. The molecule has 2 nitrogen and oxygen atoms in total. The highest BCUT2D eigenvalue weighted by Gasteiger charge is 1.95. The van der Waals surface area contributed by atoms with Crippen LogP contribution in [0.15, 0.2) is 17.9 Å². The Morgan fingerprint density at radius 3 is 1.81 bits per heavy atom. The lowest BCUT2D eigenvalue weighted by atomic mass is 10.1. The molecule has 0 aromatic heterocycles. The summed E-state index contributed by atoms with van der Waals surface area (Å²) in [5.41, 5.74) is 3.28. The third kappa shape index (κ3) is 19.0. The SMILES string of the molecule is CCCCCCCCC=C=CCCCCCCCC(=O)O. The number of carbonyl (C=O) groups is 1. The van der Waals surface area contributed by atoms with Crippen LogP contribution in [0.4, 0.5) is 0 Å². The van der Waals surface area contributed by atoms with Gasteiger partial charge in [-0.3, -0.25) is 4.79 Å². The summed E-state index contributed by atoms with van der Waals surface area (Å²) >= 11 is 0. The Labute approximate surface area is 131 Å². The normalized spacial score (nSPS) is 10.1. The molecule has 0 radical (unpaired) electrons. The second kappa shape index (κ2) is 17.0. The molecule has 0 aromatic rings. The minimum absolute atomic E-state index is 0.321. The minimum Gasteiger partial charge on any atom is -0.481 e. The highest BCUT2D eigenvalue weighted by molar-refractivity contribution is 5.66. The van der Waals surface area contributed by atoms with E-state index in [0.717, 1.165) is 32.1 Å². The van der Waals surface area contributed by atoms with Gasteiger partial charge in [-0.15, -0.1) is 5.73 Å². The Morgan fingerprint density at radius 2 is 1.29 bits per heavy atom. The summed E-state index contributed by atoms with van der Waals surface area (Å²) in [6.45, 7) is 2.25. The van der Waals surface area contributed by atoms with Gasteiger partial charge in [-0.25, -0.2) is 0 Å². The van der Waals surface area contributed by atoms with Crippen molar-refractivity contribution in [1.82, 2.24) is 0 Å². The Bertz CT molecular complexity index is 288. The van der Waals surface area contributed by atoms with Crippen LogP contribution in [0.5, 0.6) is 0 Å². The van der Waals surface area contributed by atoms with Gasteiger partial charge < -0.3 is 5.11 Å². The molecule has 0 aliphatic heterocycles. The summed E-state index contributed by atoms with van der Waals surface area (Å²) in [5.74, 6) is -0.673. The highest BCUT2D eigenvalue weighted by Crippen LogP contribution is 2.08. The first-order chi connectivity index (χ1) is 10.3. The van der Waals surface area contributed by atoms with E-state index in [9.17, 15) is 4.79 Å². The van der Waals surface area contributed by atoms with Gasteiger partial charge in [0.05, 0.1) is 0 Å². The van der Waals surface area contributed by atoms with Crippen molar-refractivity contribution in [2.24, 2.45) is 0 Å². The lowest BCUT2D eigenvalue weighted by molar-refractivity contribution is -0.137. The minimum atomic E-state index is -0.673. The molecule has 0 aromatic carbocycles. The van der Waals surface area contributed by atoms with Crippen LogP contribution in [0.3, 0.4) is 0 Å². The Kier molecular flexibility index (Phi) is 16.2. The summed E-state index contributed by atoms with van der Waals surface area (Å²) in [5, 5.41) is 8.51. The van der Waals surface area contributed by atoms with Crippen molar-refractivity contribution in [3.05, 3.63) is 17.9 Å². The third-order valence-corrected chi connectivity index (χ3v) is 3.68. The van der Waals surface area contributed by atoms with E-state index < -0.39 is 5.97 Å². The molecule has 0 rings (SSSR count).